The van der Waals surface area contributed by atoms with E-state index in [0.717, 1.165) is 0 Å². The molecular weight excluding hydrogens is 965 g/mol. The van der Waals surface area contributed by atoms with Crippen LogP contribution in [0.5, 0.6) is 23.0 Å². The van der Waals surface area contributed by atoms with Crippen LogP contribution in [0, 0.1) is 0 Å². The van der Waals surface area contributed by atoms with Gasteiger partial charge in [-0.2, -0.15) is 0 Å². The van der Waals surface area contributed by atoms with Crippen LogP contribution in [-0.4, -0.2) is 151 Å². The number of anilines is 2. The van der Waals surface area contributed by atoms with Crippen molar-refractivity contribution in [1.29, 1.82) is 0 Å². The summed E-state index contributed by atoms with van der Waals surface area (Å²) in [5.74, 6) is -1.11. The number of hydrogen-bond donors (Lipinski definition) is 4. The van der Waals surface area contributed by atoms with Gasteiger partial charge in [-0.3, -0.25) is 20.2 Å². The minimum absolute atomic E-state index is 0.0205. The van der Waals surface area contributed by atoms with Crippen LogP contribution in [0.15, 0.2) is 94.7 Å². The minimum atomic E-state index is -3.74. The molecule has 22 heteroatoms. The Morgan fingerprint density at radius 2 is 0.958 bits per heavy atom. The zero-order valence-corrected chi connectivity index (χ0v) is 41.2. The van der Waals surface area contributed by atoms with Crippen molar-refractivity contribution in [3.05, 3.63) is 96.1 Å². The molecule has 0 saturated carbocycles. The highest BCUT2D eigenvalue weighted by Gasteiger charge is 2.33. The van der Waals surface area contributed by atoms with Crippen molar-refractivity contribution in [2.75, 3.05) is 89.1 Å². The van der Waals surface area contributed by atoms with Crippen LogP contribution in [0.1, 0.15) is 65.7 Å². The summed E-state index contributed by atoms with van der Waals surface area (Å²) in [6, 6.07) is 20.3. The Bertz CT molecular complexity index is 2510. The summed E-state index contributed by atoms with van der Waals surface area (Å²) in [4.78, 5) is 57.1. The van der Waals surface area contributed by atoms with Crippen LogP contribution in [0.2, 0.25) is 0 Å². The number of amides is 4. The van der Waals surface area contributed by atoms with E-state index >= 15 is 0 Å². The highest BCUT2D eigenvalue weighted by Crippen LogP contribution is 2.37. The number of nitrogens with one attached hydrogen (secondary N) is 2. The lowest BCUT2D eigenvalue weighted by atomic mass is 10.1. The Balaban J connectivity index is 1.08. The largest absolute Gasteiger partial charge is 0.493 e. The highest BCUT2D eigenvalue weighted by molar-refractivity contribution is 7.91. The molecule has 20 nitrogen and oxygen atoms in total. The predicted octanol–water partition coefficient (Wildman–Crippen LogP) is 5.57. The molecule has 4 aromatic rings. The van der Waals surface area contributed by atoms with Gasteiger partial charge in [-0.05, 0) is 81.3 Å². The number of carbonyl (C=O) groups is 4. The van der Waals surface area contributed by atoms with E-state index in [1.54, 1.807) is 36.4 Å². The van der Waals surface area contributed by atoms with Gasteiger partial charge in [0.05, 0.1) is 96.5 Å². The summed E-state index contributed by atoms with van der Waals surface area (Å²) in [7, 11) is -4.69. The van der Waals surface area contributed by atoms with Gasteiger partial charge in [0.25, 0.3) is 11.8 Å². The molecule has 4 N–H and O–H groups in total. The molecule has 0 radical (unpaired) electrons. The number of ether oxygens (including phenoxy) is 6. The smallest absolute Gasteiger partial charge is 0.411 e. The Labute approximate surface area is 413 Å². The molecule has 2 saturated heterocycles. The minimum Gasteiger partial charge on any atom is -0.493 e. The average molecular weight is 1030 g/mol. The first-order valence-electron chi connectivity index (χ1n) is 23.2. The molecule has 2 heterocycles. The average Bonchev–Trinajstić information content (AvgIpc) is 4.07. The van der Waals surface area contributed by atoms with Crippen LogP contribution < -0.4 is 29.6 Å². The number of aliphatic hydroxyl groups excluding tert-OH is 2. The second-order valence-electron chi connectivity index (χ2n) is 16.6. The maximum atomic E-state index is 13.9. The molecule has 0 unspecified atom stereocenters. The fourth-order valence-electron chi connectivity index (χ4n) is 8.14. The molecule has 2 aliphatic rings. The molecule has 4 aromatic carbocycles. The molecular formula is C49H60N4O16S2. The predicted molar refractivity (Wildman–Crippen MR) is 260 cm³/mol. The lowest BCUT2D eigenvalue weighted by molar-refractivity contribution is 0.0672. The van der Waals surface area contributed by atoms with Crippen LogP contribution in [0.4, 0.5) is 21.0 Å². The standard InChI is InChI=1S/C49H60N4O16S2/c1-64-42-28-38(46(56)52-20-12-14-34(52)32-54)40(50-48(58)68-24-26-70(60,61)36-16-6-3-7-17-36)30-44(42)66-22-10-5-11-23-67-45-31-41(39(29-43(45)65-2)47(57)53-21-13-15-35(53)33-55)51-49(59)69-25-27-71(62,63)37-18-8-4-9-19-37/h3-4,6-9,16-19,28-31,34-35,54-55H,5,10-15,20-27,32-33H2,1-2H3,(H,50,58)(H,51,59)/t34-,35-/m0/s1. The summed E-state index contributed by atoms with van der Waals surface area (Å²) in [6.45, 7) is -0.319. The third-order valence-corrected chi connectivity index (χ3v) is 15.3. The SMILES string of the molecule is COc1cc(C(=O)N2CCC[C@H]2CO)c(NC(=O)OCCS(=O)(=O)c2ccccc2)cc1OCCCCCOc1cc(NC(=O)OCCS(=O)(=O)c2ccccc2)c(C(=O)N2CCC[C@H]2CO)cc1OC. The second-order valence-corrected chi connectivity index (χ2v) is 20.8. The molecule has 2 aliphatic heterocycles. The zero-order chi connectivity index (χ0) is 51.0. The van der Waals surface area contributed by atoms with Crippen molar-refractivity contribution >= 4 is 55.1 Å². The first-order chi connectivity index (χ1) is 34.2. The summed E-state index contributed by atoms with van der Waals surface area (Å²) in [5, 5.41) is 25.0. The monoisotopic (exact) mass is 1020 g/mol. The van der Waals surface area contributed by atoms with Gasteiger partial charge in [-0.1, -0.05) is 36.4 Å². The fraction of sp³-hybridized carbons (Fsp3) is 0.429. The number of sulfone groups is 2. The second kappa shape index (κ2) is 25.5. The van der Waals surface area contributed by atoms with Gasteiger partial charge in [0.15, 0.2) is 42.7 Å². The van der Waals surface area contributed by atoms with Crippen molar-refractivity contribution in [3.63, 3.8) is 0 Å². The number of rotatable bonds is 24. The maximum absolute atomic E-state index is 13.9. The lowest BCUT2D eigenvalue weighted by Crippen LogP contribution is -2.38. The summed E-state index contributed by atoms with van der Waals surface area (Å²) >= 11 is 0. The molecule has 4 amide bonds. The van der Waals surface area contributed by atoms with E-state index in [1.165, 1.54) is 72.6 Å². The van der Waals surface area contributed by atoms with Crippen LogP contribution in [0.3, 0.4) is 0 Å². The molecule has 2 atom stereocenters. The molecule has 6 rings (SSSR count). The van der Waals surface area contributed by atoms with Crippen molar-refractivity contribution in [1.82, 2.24) is 9.80 Å². The highest BCUT2D eigenvalue weighted by atomic mass is 32.2. The third kappa shape index (κ3) is 14.3. The first kappa shape index (κ1) is 53.7. The number of benzene rings is 4. The molecule has 0 aliphatic carbocycles. The van der Waals surface area contributed by atoms with Gasteiger partial charge in [0.2, 0.25) is 0 Å². The number of carbonyl (C=O) groups excluding carboxylic acids is 4. The van der Waals surface area contributed by atoms with Crippen molar-refractivity contribution in [2.24, 2.45) is 0 Å². The van der Waals surface area contributed by atoms with E-state index in [9.17, 15) is 46.2 Å². The van der Waals surface area contributed by atoms with E-state index in [-0.39, 0.29) is 81.7 Å². The number of nitrogens with zero attached hydrogens (tertiary/aromatic N) is 2. The van der Waals surface area contributed by atoms with Crippen molar-refractivity contribution in [3.8, 4) is 23.0 Å². The van der Waals surface area contributed by atoms with Crippen LogP contribution >= 0.6 is 0 Å². The van der Waals surface area contributed by atoms with Gasteiger partial charge in [0.1, 0.15) is 13.2 Å². The van der Waals surface area contributed by atoms with Crippen LogP contribution in [-0.2, 0) is 29.1 Å². The normalized spacial score (nSPS) is 15.7. The van der Waals surface area contributed by atoms with E-state index in [0.29, 0.717) is 58.0 Å². The Kier molecular flexibility index (Phi) is 19.3. The Morgan fingerprint density at radius 1 is 0.563 bits per heavy atom. The zero-order valence-electron chi connectivity index (χ0n) is 39.6. The third-order valence-electron chi connectivity index (χ3n) is 11.9. The van der Waals surface area contributed by atoms with Gasteiger partial charge in [-0.25, -0.2) is 26.4 Å². The topological polar surface area (TPSA) is 263 Å². The fourth-order valence-corrected chi connectivity index (χ4v) is 10.4. The molecule has 2 fully saturated rings. The van der Waals surface area contributed by atoms with E-state index in [2.05, 4.69) is 10.6 Å². The van der Waals surface area contributed by atoms with E-state index < -0.39 is 80.5 Å². The Morgan fingerprint density at radius 3 is 1.32 bits per heavy atom. The number of hydrogen-bond acceptors (Lipinski definition) is 16. The lowest BCUT2D eigenvalue weighted by Gasteiger charge is -2.25. The first-order valence-corrected chi connectivity index (χ1v) is 26.5. The Hall–Kier alpha value is -6.62. The molecule has 0 spiro atoms. The van der Waals surface area contributed by atoms with Crippen LogP contribution in [0.25, 0.3) is 0 Å². The quantitative estimate of drug-likeness (QED) is 0.0625. The number of aliphatic hydroxyl groups is 2. The molecule has 384 valence electrons. The molecule has 0 bridgehead atoms. The van der Waals surface area contributed by atoms with Crippen molar-refractivity contribution < 1.29 is 74.6 Å². The molecule has 71 heavy (non-hydrogen) atoms. The number of likely N-dealkylation sites (tertiary alicyclic amines) is 2. The number of unbranched alkanes of at least 4 members (excludes halogenated alkanes) is 2. The summed E-state index contributed by atoms with van der Waals surface area (Å²) in [5.41, 5.74) is 0.130. The molecule has 0 aromatic heterocycles. The van der Waals surface area contributed by atoms with Gasteiger partial charge in [0, 0.05) is 25.2 Å². The van der Waals surface area contributed by atoms with Gasteiger partial charge < -0.3 is 48.4 Å². The van der Waals surface area contributed by atoms with Gasteiger partial charge >= 0.3 is 12.2 Å². The van der Waals surface area contributed by atoms with Gasteiger partial charge in [-0.15, -0.1) is 0 Å². The maximum Gasteiger partial charge on any atom is 0.411 e. The van der Waals surface area contributed by atoms with Crippen molar-refractivity contribution in [2.45, 2.75) is 66.8 Å². The number of methoxy groups -OCH3 is 2. The van der Waals surface area contributed by atoms with E-state index in [1.807, 2.05) is 0 Å². The summed E-state index contributed by atoms with van der Waals surface area (Å²) < 4.78 is 84.8. The summed E-state index contributed by atoms with van der Waals surface area (Å²) in [6.07, 6.45) is 2.13. The van der Waals surface area contributed by atoms with E-state index in [4.69, 9.17) is 28.4 Å².